The second kappa shape index (κ2) is 43.9. The van der Waals surface area contributed by atoms with Gasteiger partial charge in [0.05, 0.1) is 39.9 Å². The minimum absolute atomic E-state index is 0.0487. The summed E-state index contributed by atoms with van der Waals surface area (Å²) < 4.78 is 23.6. The summed E-state index contributed by atoms with van der Waals surface area (Å²) in [5.41, 5.74) is 0. The molecule has 0 bridgehead atoms. The fraction of sp³-hybridized carbons (Fsp3) is 0.717. The van der Waals surface area contributed by atoms with Gasteiger partial charge in [0.25, 0.3) is 0 Å². The third-order valence-electron chi connectivity index (χ3n) is 10.6. The lowest BCUT2D eigenvalue weighted by molar-refractivity contribution is -0.870. The van der Waals surface area contributed by atoms with Crippen LogP contribution in [-0.4, -0.2) is 73.4 Å². The van der Waals surface area contributed by atoms with Gasteiger partial charge in [0.2, 0.25) is 5.91 Å². The van der Waals surface area contributed by atoms with Crippen LogP contribution in [0.15, 0.2) is 85.1 Å². The Hall–Kier alpha value is -2.32. The van der Waals surface area contributed by atoms with Crippen LogP contribution in [0.3, 0.4) is 0 Å². The zero-order valence-corrected chi connectivity index (χ0v) is 41.5. The van der Waals surface area contributed by atoms with Gasteiger partial charge in [0.1, 0.15) is 13.2 Å². The van der Waals surface area contributed by atoms with Crippen molar-refractivity contribution in [1.29, 1.82) is 0 Å². The first-order valence-corrected chi connectivity index (χ1v) is 26.5. The van der Waals surface area contributed by atoms with E-state index in [9.17, 15) is 19.4 Å². The molecule has 9 heteroatoms. The van der Waals surface area contributed by atoms with Crippen molar-refractivity contribution in [3.8, 4) is 0 Å². The number of quaternary nitrogens is 1. The molecule has 0 saturated heterocycles. The highest BCUT2D eigenvalue weighted by atomic mass is 31.2. The van der Waals surface area contributed by atoms with Crippen LogP contribution in [-0.2, 0) is 18.4 Å². The number of carbonyl (C=O) groups excluding carboxylic acids is 1. The van der Waals surface area contributed by atoms with E-state index in [0.29, 0.717) is 17.4 Å². The van der Waals surface area contributed by atoms with Gasteiger partial charge in [-0.25, -0.2) is 4.57 Å². The molecule has 3 N–H and O–H groups in total. The molecule has 358 valence electrons. The summed E-state index contributed by atoms with van der Waals surface area (Å²) >= 11 is 0. The smallest absolute Gasteiger partial charge is 0.387 e. The minimum atomic E-state index is -4.36. The predicted molar refractivity (Wildman–Crippen MR) is 267 cm³/mol. The lowest BCUT2D eigenvalue weighted by atomic mass is 10.0. The second-order valence-electron chi connectivity index (χ2n) is 17.8. The van der Waals surface area contributed by atoms with Gasteiger partial charge >= 0.3 is 7.82 Å². The Balaban J connectivity index is 4.39. The van der Waals surface area contributed by atoms with Crippen LogP contribution in [0.4, 0.5) is 0 Å². The molecule has 0 aromatic carbocycles. The third-order valence-corrected chi connectivity index (χ3v) is 11.6. The normalized spacial score (nSPS) is 14.9. The van der Waals surface area contributed by atoms with Crippen molar-refractivity contribution in [1.82, 2.24) is 5.32 Å². The maximum absolute atomic E-state index is 12.9. The van der Waals surface area contributed by atoms with Crippen molar-refractivity contribution < 1.29 is 32.9 Å². The van der Waals surface area contributed by atoms with Crippen LogP contribution in [0.2, 0.25) is 0 Å². The lowest BCUT2D eigenvalue weighted by Crippen LogP contribution is -2.45. The lowest BCUT2D eigenvalue weighted by Gasteiger charge is -2.25. The molecule has 62 heavy (non-hydrogen) atoms. The quantitative estimate of drug-likeness (QED) is 0.0244. The topological polar surface area (TPSA) is 105 Å². The first-order valence-electron chi connectivity index (χ1n) is 25.0. The maximum Gasteiger partial charge on any atom is 0.472 e. The second-order valence-corrected chi connectivity index (χ2v) is 19.2. The van der Waals surface area contributed by atoms with E-state index in [2.05, 4.69) is 92.1 Å². The molecule has 0 aromatic heterocycles. The van der Waals surface area contributed by atoms with Gasteiger partial charge < -0.3 is 19.8 Å². The van der Waals surface area contributed by atoms with E-state index in [0.717, 1.165) is 77.0 Å². The standard InChI is InChI=1S/C53H95N2O6P/c1-6-8-10-12-14-16-18-20-22-24-25-26-27-28-29-31-33-35-37-39-41-43-45-47-53(57)54-51(50-61-62(58,59)60-49-48-55(3,4)5)52(56)46-44-42-40-38-36-34-32-30-23-21-19-17-15-13-11-9-7-2/h8,10,14,16,20,22-23,25-26,30,36,38,44,46,51-52,56H,6-7,9,11-13,15,17-19,21,24,27-29,31-35,37,39-43,45,47-50H2,1-5H3,(H-,54,57,58,59)/p+1/b10-8-,16-14-,22-20-,26-25-,30-23+,38-36+,46-44+. The summed E-state index contributed by atoms with van der Waals surface area (Å²) in [5.74, 6) is -0.200. The molecule has 0 rings (SSSR count). The number of hydrogen-bond acceptors (Lipinski definition) is 5. The summed E-state index contributed by atoms with van der Waals surface area (Å²) in [4.78, 5) is 23.2. The highest BCUT2D eigenvalue weighted by Gasteiger charge is 2.27. The molecule has 0 aliphatic carbocycles. The van der Waals surface area contributed by atoms with Crippen molar-refractivity contribution in [3.05, 3.63) is 85.1 Å². The Labute approximate surface area is 382 Å². The highest BCUT2D eigenvalue weighted by Crippen LogP contribution is 2.43. The van der Waals surface area contributed by atoms with E-state index in [1.165, 1.54) is 96.3 Å². The van der Waals surface area contributed by atoms with E-state index in [4.69, 9.17) is 9.05 Å². The number of amides is 1. The fourth-order valence-corrected chi connectivity index (χ4v) is 7.39. The molecule has 3 atom stereocenters. The Morgan fingerprint density at radius 2 is 0.984 bits per heavy atom. The van der Waals surface area contributed by atoms with Crippen LogP contribution in [0, 0.1) is 0 Å². The zero-order valence-electron chi connectivity index (χ0n) is 40.6. The number of allylic oxidation sites excluding steroid dienone is 13. The van der Waals surface area contributed by atoms with Gasteiger partial charge in [-0.2, -0.15) is 0 Å². The molecule has 0 aliphatic rings. The van der Waals surface area contributed by atoms with E-state index in [1.54, 1.807) is 6.08 Å². The zero-order chi connectivity index (χ0) is 45.7. The van der Waals surface area contributed by atoms with E-state index < -0.39 is 20.0 Å². The number of hydrogen-bond donors (Lipinski definition) is 3. The Morgan fingerprint density at radius 3 is 1.48 bits per heavy atom. The molecule has 0 aromatic rings. The number of aliphatic hydroxyl groups excluding tert-OH is 1. The van der Waals surface area contributed by atoms with Crippen LogP contribution in [0.5, 0.6) is 0 Å². The van der Waals surface area contributed by atoms with Crippen LogP contribution in [0.1, 0.15) is 194 Å². The molecule has 3 unspecified atom stereocenters. The summed E-state index contributed by atoms with van der Waals surface area (Å²) in [6, 6.07) is -0.876. The van der Waals surface area contributed by atoms with Crippen LogP contribution >= 0.6 is 7.82 Å². The summed E-state index contributed by atoms with van der Waals surface area (Å²) in [6.07, 6.45) is 60.9. The molecule has 0 heterocycles. The molecular weight excluding hydrogens is 792 g/mol. The number of nitrogens with zero attached hydrogens (tertiary/aromatic N) is 1. The van der Waals surface area contributed by atoms with Crippen LogP contribution < -0.4 is 5.32 Å². The monoisotopic (exact) mass is 888 g/mol. The molecular formula is C53H96N2O6P+. The summed E-state index contributed by atoms with van der Waals surface area (Å²) in [5, 5.41) is 13.8. The number of rotatable bonds is 44. The number of carbonyl (C=O) groups is 1. The predicted octanol–water partition coefficient (Wildman–Crippen LogP) is 14.5. The molecule has 1 amide bonds. The highest BCUT2D eigenvalue weighted by molar-refractivity contribution is 7.47. The Morgan fingerprint density at radius 1 is 0.565 bits per heavy atom. The van der Waals surface area contributed by atoms with Crippen molar-refractivity contribution in [3.63, 3.8) is 0 Å². The number of unbranched alkanes of at least 4 members (excludes halogenated alkanes) is 19. The van der Waals surface area contributed by atoms with E-state index in [-0.39, 0.29) is 19.1 Å². The van der Waals surface area contributed by atoms with Crippen molar-refractivity contribution >= 4 is 13.7 Å². The van der Waals surface area contributed by atoms with Gasteiger partial charge in [0.15, 0.2) is 0 Å². The van der Waals surface area contributed by atoms with Gasteiger partial charge in [-0.1, -0.05) is 189 Å². The SMILES string of the molecule is CC/C=C\C/C=C\C/C=C\C/C=C\CCCCCCCCCCCCC(=O)NC(COP(=O)(O)OCC[N+](C)(C)C)C(O)/C=C/CC/C=C/CC/C=C/CCCCCCCCC. The average molecular weight is 888 g/mol. The average Bonchev–Trinajstić information content (AvgIpc) is 3.23. The first-order chi connectivity index (χ1) is 30.0. The first kappa shape index (κ1) is 59.7. The van der Waals surface area contributed by atoms with Gasteiger partial charge in [0, 0.05) is 6.42 Å². The van der Waals surface area contributed by atoms with Gasteiger partial charge in [-0.15, -0.1) is 0 Å². The third kappa shape index (κ3) is 45.7. The fourth-order valence-electron chi connectivity index (χ4n) is 6.65. The van der Waals surface area contributed by atoms with Crippen molar-refractivity contribution in [2.45, 2.75) is 206 Å². The summed E-state index contributed by atoms with van der Waals surface area (Å²) in [7, 11) is 1.53. The maximum atomic E-state index is 12.9. The summed E-state index contributed by atoms with van der Waals surface area (Å²) in [6.45, 7) is 4.65. The van der Waals surface area contributed by atoms with Crippen molar-refractivity contribution in [2.24, 2.45) is 0 Å². The Kier molecular flexibility index (Phi) is 42.3. The number of likely N-dealkylation sites (N-methyl/N-ethyl adjacent to an activating group) is 1. The number of phosphoric acid groups is 1. The number of nitrogens with one attached hydrogen (secondary N) is 1. The molecule has 0 aliphatic heterocycles. The molecule has 0 fully saturated rings. The van der Waals surface area contributed by atoms with E-state index in [1.807, 2.05) is 27.2 Å². The number of phosphoric ester groups is 1. The van der Waals surface area contributed by atoms with E-state index >= 15 is 0 Å². The van der Waals surface area contributed by atoms with Gasteiger partial charge in [-0.3, -0.25) is 13.8 Å². The molecule has 0 radical (unpaired) electrons. The number of aliphatic hydroxyl groups is 1. The molecule has 8 nitrogen and oxygen atoms in total. The largest absolute Gasteiger partial charge is 0.472 e. The minimum Gasteiger partial charge on any atom is -0.387 e. The van der Waals surface area contributed by atoms with Gasteiger partial charge in [-0.05, 0) is 83.5 Å². The van der Waals surface area contributed by atoms with Crippen LogP contribution in [0.25, 0.3) is 0 Å². The van der Waals surface area contributed by atoms with Crippen molar-refractivity contribution in [2.75, 3.05) is 40.9 Å². The molecule has 0 saturated carbocycles. The molecule has 0 spiro atoms. The Bertz CT molecular complexity index is 1280.